The first-order chi connectivity index (χ1) is 8.58. The van der Waals surface area contributed by atoms with Gasteiger partial charge in [0.05, 0.1) is 4.90 Å². The summed E-state index contributed by atoms with van der Waals surface area (Å²) in [6, 6.07) is 2.68. The molecule has 3 nitrogen and oxygen atoms in total. The molecule has 19 heavy (non-hydrogen) atoms. The van der Waals surface area contributed by atoms with Crippen molar-refractivity contribution in [1.82, 2.24) is 4.31 Å². The first-order valence-electron chi connectivity index (χ1n) is 5.10. The lowest BCUT2D eigenvalue weighted by molar-refractivity contribution is -0.135. The van der Waals surface area contributed by atoms with Gasteiger partial charge in [0.25, 0.3) is 0 Å². The predicted octanol–water partition coefficient (Wildman–Crippen LogP) is 3.16. The molecule has 0 unspecified atom stereocenters. The second-order valence-electron chi connectivity index (χ2n) is 3.62. The second-order valence-corrected chi connectivity index (χ2v) is 6.38. The van der Waals surface area contributed by atoms with Crippen LogP contribution in [0.2, 0.25) is 0 Å². The van der Waals surface area contributed by atoms with Crippen molar-refractivity contribution in [3.05, 3.63) is 28.5 Å². The minimum atomic E-state index is -4.64. The fraction of sp³-hybridized carbons (Fsp3) is 0.400. The van der Waals surface area contributed by atoms with Gasteiger partial charge in [0, 0.05) is 11.0 Å². The number of sulfonamides is 1. The molecule has 0 amide bonds. The van der Waals surface area contributed by atoms with E-state index < -0.39 is 33.5 Å². The van der Waals surface area contributed by atoms with Crippen LogP contribution >= 0.6 is 15.9 Å². The minimum Gasteiger partial charge on any atom is -0.207 e. The number of rotatable bonds is 4. The van der Waals surface area contributed by atoms with Crippen LogP contribution in [0.25, 0.3) is 0 Å². The molecule has 0 atom stereocenters. The zero-order valence-corrected chi connectivity index (χ0v) is 12.1. The van der Waals surface area contributed by atoms with E-state index in [1.807, 2.05) is 0 Å². The van der Waals surface area contributed by atoms with Gasteiger partial charge < -0.3 is 0 Å². The van der Waals surface area contributed by atoms with Crippen LogP contribution < -0.4 is 0 Å². The van der Waals surface area contributed by atoms with Gasteiger partial charge >= 0.3 is 6.18 Å². The van der Waals surface area contributed by atoms with E-state index in [2.05, 4.69) is 15.9 Å². The highest BCUT2D eigenvalue weighted by atomic mass is 79.9. The molecule has 1 aromatic rings. The monoisotopic (exact) mass is 363 g/mol. The summed E-state index contributed by atoms with van der Waals surface area (Å²) in [5, 5.41) is 0. The highest BCUT2D eigenvalue weighted by Crippen LogP contribution is 2.28. The molecule has 0 saturated heterocycles. The molecule has 0 fully saturated rings. The molecule has 0 aliphatic heterocycles. The number of benzene rings is 1. The van der Waals surface area contributed by atoms with Gasteiger partial charge in [-0.25, -0.2) is 12.8 Å². The van der Waals surface area contributed by atoms with Crippen molar-refractivity contribution in [2.24, 2.45) is 0 Å². The molecule has 0 aliphatic carbocycles. The number of hydrogen-bond donors (Lipinski definition) is 0. The predicted molar refractivity (Wildman–Crippen MR) is 64.6 cm³/mol. The number of alkyl halides is 3. The van der Waals surface area contributed by atoms with Crippen LogP contribution in [0.5, 0.6) is 0 Å². The highest BCUT2D eigenvalue weighted by molar-refractivity contribution is 9.10. The van der Waals surface area contributed by atoms with E-state index in [-0.39, 0.29) is 15.3 Å². The minimum absolute atomic E-state index is 0.117. The van der Waals surface area contributed by atoms with Crippen LogP contribution in [0.15, 0.2) is 27.6 Å². The number of nitrogens with zero attached hydrogens (tertiary/aromatic N) is 1. The van der Waals surface area contributed by atoms with Gasteiger partial charge in [-0.1, -0.05) is 6.92 Å². The fourth-order valence-corrected chi connectivity index (χ4v) is 3.83. The molecule has 0 aromatic heterocycles. The van der Waals surface area contributed by atoms with Crippen molar-refractivity contribution in [3.8, 4) is 0 Å². The van der Waals surface area contributed by atoms with Gasteiger partial charge in [0.1, 0.15) is 12.4 Å². The average Bonchev–Trinajstić information content (AvgIpc) is 2.23. The summed E-state index contributed by atoms with van der Waals surface area (Å²) in [6.07, 6.45) is -4.64. The van der Waals surface area contributed by atoms with Gasteiger partial charge in [0.2, 0.25) is 10.0 Å². The Bertz CT molecular complexity index is 559. The maximum atomic E-state index is 12.9. The Kier molecular flexibility index (Phi) is 4.97. The van der Waals surface area contributed by atoms with E-state index in [0.717, 1.165) is 18.2 Å². The second kappa shape index (κ2) is 5.76. The quantitative estimate of drug-likeness (QED) is 0.770. The first kappa shape index (κ1) is 16.4. The zero-order chi connectivity index (χ0) is 14.8. The van der Waals surface area contributed by atoms with E-state index in [1.54, 1.807) is 0 Å². The molecule has 0 bridgehead atoms. The number of hydrogen-bond acceptors (Lipinski definition) is 2. The van der Waals surface area contributed by atoms with Crippen molar-refractivity contribution in [1.29, 1.82) is 0 Å². The van der Waals surface area contributed by atoms with Crippen molar-refractivity contribution in [2.75, 3.05) is 13.1 Å². The number of halogens is 5. The van der Waals surface area contributed by atoms with Gasteiger partial charge in [-0.2, -0.15) is 17.5 Å². The van der Waals surface area contributed by atoms with E-state index in [9.17, 15) is 26.0 Å². The summed E-state index contributed by atoms with van der Waals surface area (Å²) in [4.78, 5) is -0.403. The van der Waals surface area contributed by atoms with E-state index >= 15 is 0 Å². The molecular formula is C10H10BrF4NO2S. The molecule has 0 N–H and O–H groups in total. The summed E-state index contributed by atoms with van der Waals surface area (Å²) in [7, 11) is -4.33. The van der Waals surface area contributed by atoms with Crippen molar-refractivity contribution >= 4 is 26.0 Å². The van der Waals surface area contributed by atoms with E-state index in [0.29, 0.717) is 0 Å². The topological polar surface area (TPSA) is 37.4 Å². The molecular weight excluding hydrogens is 354 g/mol. The highest BCUT2D eigenvalue weighted by Gasteiger charge is 2.36. The third kappa shape index (κ3) is 4.15. The van der Waals surface area contributed by atoms with Crippen molar-refractivity contribution in [3.63, 3.8) is 0 Å². The third-order valence-electron chi connectivity index (χ3n) is 2.22. The van der Waals surface area contributed by atoms with Crippen LogP contribution in [0.3, 0.4) is 0 Å². The van der Waals surface area contributed by atoms with Crippen LogP contribution in [0.4, 0.5) is 17.6 Å². The normalized spacial score (nSPS) is 13.0. The van der Waals surface area contributed by atoms with Crippen molar-refractivity contribution in [2.45, 2.75) is 18.0 Å². The van der Waals surface area contributed by atoms with Crippen LogP contribution in [0.1, 0.15) is 6.92 Å². The van der Waals surface area contributed by atoms with Gasteiger partial charge in [-0.05, 0) is 34.1 Å². The Morgan fingerprint density at radius 3 is 2.32 bits per heavy atom. The van der Waals surface area contributed by atoms with E-state index in [1.165, 1.54) is 6.92 Å². The van der Waals surface area contributed by atoms with Gasteiger partial charge in [0.15, 0.2) is 0 Å². The standard InChI is InChI=1S/C10H10BrF4NO2S/c1-2-16(6-10(13,14)15)19(17,18)9-4-3-7(12)5-8(9)11/h3-5H,2,6H2,1H3. The summed E-state index contributed by atoms with van der Waals surface area (Å²) < 4.78 is 74.1. The Morgan fingerprint density at radius 2 is 1.89 bits per heavy atom. The SMILES string of the molecule is CCN(CC(F)(F)F)S(=O)(=O)c1ccc(F)cc1Br. The summed E-state index contributed by atoms with van der Waals surface area (Å²) in [5.74, 6) is -0.690. The maximum absolute atomic E-state index is 12.9. The lowest BCUT2D eigenvalue weighted by Crippen LogP contribution is -2.38. The zero-order valence-electron chi connectivity index (χ0n) is 9.71. The maximum Gasteiger partial charge on any atom is 0.402 e. The fourth-order valence-electron chi connectivity index (χ4n) is 1.39. The Hall–Kier alpha value is -0.670. The van der Waals surface area contributed by atoms with Crippen LogP contribution in [-0.4, -0.2) is 32.0 Å². The Labute approximate surface area is 116 Å². The van der Waals surface area contributed by atoms with E-state index in [4.69, 9.17) is 0 Å². The summed E-state index contributed by atoms with van der Waals surface area (Å²) >= 11 is 2.83. The average molecular weight is 364 g/mol. The van der Waals surface area contributed by atoms with Crippen LogP contribution in [-0.2, 0) is 10.0 Å². The molecule has 9 heteroatoms. The van der Waals surface area contributed by atoms with Crippen molar-refractivity contribution < 1.29 is 26.0 Å². The van der Waals surface area contributed by atoms with Crippen LogP contribution in [0, 0.1) is 5.82 Å². The lowest BCUT2D eigenvalue weighted by Gasteiger charge is -2.22. The third-order valence-corrected chi connectivity index (χ3v) is 5.12. The Balaban J connectivity index is 3.21. The van der Waals surface area contributed by atoms with Gasteiger partial charge in [-0.3, -0.25) is 0 Å². The molecule has 108 valence electrons. The molecule has 0 spiro atoms. The molecule has 0 radical (unpaired) electrons. The summed E-state index contributed by atoms with van der Waals surface area (Å²) in [5.41, 5.74) is 0. The smallest absolute Gasteiger partial charge is 0.207 e. The first-order valence-corrected chi connectivity index (χ1v) is 7.33. The van der Waals surface area contributed by atoms with Gasteiger partial charge in [-0.15, -0.1) is 0 Å². The Morgan fingerprint density at radius 1 is 1.32 bits per heavy atom. The molecule has 1 aromatic carbocycles. The lowest BCUT2D eigenvalue weighted by atomic mass is 10.3. The summed E-state index contributed by atoms with van der Waals surface area (Å²) in [6.45, 7) is -0.637. The largest absolute Gasteiger partial charge is 0.402 e. The molecule has 0 heterocycles. The molecule has 1 rings (SSSR count). The molecule has 0 aliphatic rings. The molecule has 0 saturated carbocycles.